The maximum Gasteiger partial charge on any atom is 0.312 e. The monoisotopic (exact) mass is 306 g/mol. The summed E-state index contributed by atoms with van der Waals surface area (Å²) in [4.78, 5) is 42.4. The van der Waals surface area contributed by atoms with Crippen LogP contribution in [0.25, 0.3) is 0 Å². The highest BCUT2D eigenvalue weighted by molar-refractivity contribution is 5.73. The van der Waals surface area contributed by atoms with Crippen molar-refractivity contribution in [3.8, 4) is 5.75 Å². The number of esters is 1. The third-order valence-corrected chi connectivity index (χ3v) is 2.29. The van der Waals surface area contributed by atoms with Gasteiger partial charge in [0, 0.05) is 13.6 Å². The van der Waals surface area contributed by atoms with Gasteiger partial charge >= 0.3 is 5.97 Å². The van der Waals surface area contributed by atoms with Crippen LogP contribution in [-0.4, -0.2) is 37.2 Å². The van der Waals surface area contributed by atoms with Crippen LogP contribution >= 0.6 is 0 Å². The summed E-state index contributed by atoms with van der Waals surface area (Å²) < 4.78 is 4.98. The minimum absolute atomic E-state index is 0.114. The number of amides is 1. The molecule has 0 aromatic heterocycles. The summed E-state index contributed by atoms with van der Waals surface area (Å²) in [6.07, 6.45) is 4.63. The molecule has 0 saturated heterocycles. The molecule has 0 atom stereocenters. The first-order chi connectivity index (χ1) is 10.6. The van der Waals surface area contributed by atoms with Gasteiger partial charge in [0.2, 0.25) is 6.41 Å². The third-order valence-electron chi connectivity index (χ3n) is 2.29. The number of benzene rings is 1. The molecule has 7 heteroatoms. The summed E-state index contributed by atoms with van der Waals surface area (Å²) in [6, 6.07) is 5.87. The van der Waals surface area contributed by atoms with Crippen LogP contribution in [0.3, 0.4) is 0 Å². The quantitative estimate of drug-likeness (QED) is 0.253. The summed E-state index contributed by atoms with van der Waals surface area (Å²) in [5.74, 6) is -0.0957. The lowest BCUT2D eigenvalue weighted by molar-refractivity contribution is -0.134. The summed E-state index contributed by atoms with van der Waals surface area (Å²) in [6.45, 7) is 2.10. The van der Waals surface area contributed by atoms with Crippen molar-refractivity contribution in [1.82, 2.24) is 4.90 Å². The number of nitrogens with zero attached hydrogens (tertiary/aromatic N) is 2. The highest BCUT2D eigenvalue weighted by Gasteiger charge is 2.06. The average Bonchev–Trinajstić information content (AvgIpc) is 2.54. The molecule has 0 aliphatic carbocycles. The van der Waals surface area contributed by atoms with E-state index >= 15 is 0 Å². The molecule has 1 aromatic rings. The largest absolute Gasteiger partial charge is 0.426 e. The molecule has 1 amide bonds. The van der Waals surface area contributed by atoms with Crippen LogP contribution in [0.2, 0.25) is 0 Å². The first kappa shape index (κ1) is 19.2. The first-order valence-corrected chi connectivity index (χ1v) is 6.43. The minimum atomic E-state index is -0.439. The van der Waals surface area contributed by atoms with Gasteiger partial charge < -0.3 is 9.64 Å². The Morgan fingerprint density at radius 1 is 1.27 bits per heavy atom. The van der Waals surface area contributed by atoms with Crippen LogP contribution in [0.1, 0.15) is 13.3 Å². The normalized spacial score (nSPS) is 9.36. The molecule has 0 saturated carbocycles. The number of carbonyl (C=O) groups is 3. The molecule has 1 aromatic carbocycles. The van der Waals surface area contributed by atoms with E-state index in [9.17, 15) is 19.3 Å². The van der Waals surface area contributed by atoms with Gasteiger partial charge in [-0.3, -0.25) is 14.4 Å². The van der Waals surface area contributed by atoms with E-state index in [2.05, 4.69) is 5.18 Å². The number of hydrogen-bond donors (Lipinski definition) is 0. The molecule has 0 fully saturated rings. The smallest absolute Gasteiger partial charge is 0.312 e. The average molecular weight is 306 g/mol. The molecule has 0 aliphatic heterocycles. The third kappa shape index (κ3) is 9.13. The number of nitroso groups, excluding NO2 is 1. The fourth-order valence-electron chi connectivity index (χ4n) is 1.16. The zero-order chi connectivity index (χ0) is 16.8. The van der Waals surface area contributed by atoms with E-state index < -0.39 is 5.97 Å². The van der Waals surface area contributed by atoms with Gasteiger partial charge in [-0.2, -0.15) is 0 Å². The van der Waals surface area contributed by atoms with Gasteiger partial charge in [0.25, 0.3) is 0 Å². The van der Waals surface area contributed by atoms with Gasteiger partial charge in [0.1, 0.15) is 17.7 Å². The van der Waals surface area contributed by atoms with Crippen LogP contribution < -0.4 is 4.74 Å². The summed E-state index contributed by atoms with van der Waals surface area (Å²) in [5, 5.41) is 2.73. The standard InChI is InChI=1S/C11H12N2O4.C4H6O/c1-13(8-14)7-6-11(15)17-10-4-2-9(12-16)3-5-10;1-2-3-4-5/h2-5,8H,6-7H2,1H3;2-4H,1H3/b;3-2-. The molecular weight excluding hydrogens is 288 g/mol. The Morgan fingerprint density at radius 3 is 2.32 bits per heavy atom. The predicted molar refractivity (Wildman–Crippen MR) is 81.7 cm³/mol. The minimum Gasteiger partial charge on any atom is -0.426 e. The van der Waals surface area contributed by atoms with E-state index in [0.717, 1.165) is 6.29 Å². The van der Waals surface area contributed by atoms with Gasteiger partial charge in [-0.25, -0.2) is 0 Å². The Balaban J connectivity index is 0.000000763. The molecule has 0 unspecified atom stereocenters. The molecule has 0 heterocycles. The van der Waals surface area contributed by atoms with Crippen LogP contribution in [0.5, 0.6) is 5.75 Å². The van der Waals surface area contributed by atoms with Crippen molar-refractivity contribution in [2.24, 2.45) is 5.18 Å². The van der Waals surface area contributed by atoms with Gasteiger partial charge in [-0.1, -0.05) is 6.08 Å². The summed E-state index contributed by atoms with van der Waals surface area (Å²) in [7, 11) is 1.57. The first-order valence-electron chi connectivity index (χ1n) is 6.43. The van der Waals surface area contributed by atoms with Gasteiger partial charge in [0.05, 0.1) is 6.42 Å². The molecule has 7 nitrogen and oxygen atoms in total. The Morgan fingerprint density at radius 2 is 1.91 bits per heavy atom. The Hall–Kier alpha value is -2.83. The lowest BCUT2D eigenvalue weighted by Crippen LogP contribution is -2.21. The number of aldehydes is 1. The Kier molecular flexibility index (Phi) is 10.4. The van der Waals surface area contributed by atoms with Gasteiger partial charge in [-0.05, 0) is 42.4 Å². The number of allylic oxidation sites excluding steroid dienone is 2. The molecule has 1 rings (SSSR count). The van der Waals surface area contributed by atoms with Gasteiger partial charge in [0.15, 0.2) is 0 Å². The van der Waals surface area contributed by atoms with Crippen LogP contribution in [-0.2, 0) is 14.4 Å². The van der Waals surface area contributed by atoms with Crippen LogP contribution in [0.15, 0.2) is 41.6 Å². The zero-order valence-electron chi connectivity index (χ0n) is 12.5. The van der Waals surface area contributed by atoms with Crippen molar-refractivity contribution in [3.63, 3.8) is 0 Å². The van der Waals surface area contributed by atoms with Gasteiger partial charge in [-0.15, -0.1) is 4.91 Å². The van der Waals surface area contributed by atoms with E-state index in [4.69, 9.17) is 4.74 Å². The molecule has 0 aliphatic rings. The van der Waals surface area contributed by atoms with E-state index in [0.29, 0.717) is 18.7 Å². The maximum atomic E-state index is 11.3. The van der Waals surface area contributed by atoms with E-state index in [1.807, 2.05) is 0 Å². The SMILES string of the molecule is C/C=C\C=O.CN(C=O)CCC(=O)Oc1ccc(N=O)cc1. The van der Waals surface area contributed by atoms with Crippen molar-refractivity contribution in [3.05, 3.63) is 41.3 Å². The van der Waals surface area contributed by atoms with Crippen molar-refractivity contribution in [1.29, 1.82) is 0 Å². The Bertz CT molecular complexity index is 511. The number of ether oxygens (including phenoxy) is 1. The second kappa shape index (κ2) is 12.0. The summed E-state index contributed by atoms with van der Waals surface area (Å²) >= 11 is 0. The second-order valence-electron chi connectivity index (χ2n) is 4.06. The van der Waals surface area contributed by atoms with Crippen molar-refractivity contribution in [2.75, 3.05) is 13.6 Å². The number of hydrogen-bond acceptors (Lipinski definition) is 6. The predicted octanol–water partition coefficient (Wildman–Crippen LogP) is 2.23. The van der Waals surface area contributed by atoms with Crippen molar-refractivity contribution >= 4 is 24.4 Å². The van der Waals surface area contributed by atoms with E-state index in [-0.39, 0.29) is 12.1 Å². The van der Waals surface area contributed by atoms with E-state index in [1.165, 1.54) is 35.2 Å². The van der Waals surface area contributed by atoms with Crippen molar-refractivity contribution < 1.29 is 19.1 Å². The van der Waals surface area contributed by atoms with Crippen LogP contribution in [0, 0.1) is 4.91 Å². The molecule has 22 heavy (non-hydrogen) atoms. The topological polar surface area (TPSA) is 93.1 Å². The molecule has 118 valence electrons. The molecule has 0 N–H and O–H groups in total. The van der Waals surface area contributed by atoms with E-state index in [1.54, 1.807) is 20.0 Å². The second-order valence-corrected chi connectivity index (χ2v) is 4.06. The highest BCUT2D eigenvalue weighted by atomic mass is 16.5. The highest BCUT2D eigenvalue weighted by Crippen LogP contribution is 2.17. The lowest BCUT2D eigenvalue weighted by Gasteiger charge is -2.09. The molecule has 0 radical (unpaired) electrons. The van der Waals surface area contributed by atoms with Crippen LogP contribution in [0.4, 0.5) is 5.69 Å². The number of rotatable bonds is 7. The summed E-state index contributed by atoms with van der Waals surface area (Å²) in [5.41, 5.74) is 0.269. The fraction of sp³-hybridized carbons (Fsp3) is 0.267. The lowest BCUT2D eigenvalue weighted by atomic mass is 10.3. The maximum absolute atomic E-state index is 11.3. The fourth-order valence-corrected chi connectivity index (χ4v) is 1.16. The van der Waals surface area contributed by atoms with Crippen molar-refractivity contribution in [2.45, 2.75) is 13.3 Å². The molecule has 0 spiro atoms. The zero-order valence-corrected chi connectivity index (χ0v) is 12.5. The molecule has 0 bridgehead atoms. The Labute approximate surface area is 128 Å². The molecular formula is C15H18N2O5. The number of carbonyl (C=O) groups excluding carboxylic acids is 3.